The standard InChI is InChI=1S/C19H21NO4S/c1-12(2)15-9-8-14(19(21)22)10-18(15)25(23,24)20-11-13(3)16-6-4-5-7-17(16)20/h4-10,12-13H,11H2,1-3H3,(H,21,22). The molecule has 2 aromatic carbocycles. The molecule has 0 saturated carbocycles. The van der Waals surface area contributed by atoms with Crippen LogP contribution in [0, 0.1) is 0 Å². The number of benzene rings is 2. The van der Waals surface area contributed by atoms with Gasteiger partial charge in [0, 0.05) is 12.5 Å². The number of carboxylic acids is 1. The van der Waals surface area contributed by atoms with Crippen LogP contribution in [-0.4, -0.2) is 26.0 Å². The third kappa shape index (κ3) is 2.91. The highest BCUT2D eigenvalue weighted by Crippen LogP contribution is 2.40. The Hall–Kier alpha value is -2.34. The highest BCUT2D eigenvalue weighted by atomic mass is 32.2. The van der Waals surface area contributed by atoms with Crippen molar-refractivity contribution in [2.24, 2.45) is 0 Å². The molecule has 0 saturated heterocycles. The summed E-state index contributed by atoms with van der Waals surface area (Å²) >= 11 is 0. The van der Waals surface area contributed by atoms with Crippen LogP contribution in [0.2, 0.25) is 0 Å². The quantitative estimate of drug-likeness (QED) is 0.900. The zero-order valence-corrected chi connectivity index (χ0v) is 15.2. The molecule has 1 N–H and O–H groups in total. The monoisotopic (exact) mass is 359 g/mol. The van der Waals surface area contributed by atoms with Gasteiger partial charge in [0.05, 0.1) is 16.1 Å². The number of fused-ring (bicyclic) bond motifs is 1. The Balaban J connectivity index is 2.19. The van der Waals surface area contributed by atoms with Crippen LogP contribution in [0.25, 0.3) is 0 Å². The van der Waals surface area contributed by atoms with E-state index < -0.39 is 16.0 Å². The van der Waals surface area contributed by atoms with E-state index in [0.717, 1.165) is 5.56 Å². The minimum absolute atomic E-state index is 0.0245. The van der Waals surface area contributed by atoms with E-state index in [0.29, 0.717) is 17.8 Å². The number of carbonyl (C=O) groups is 1. The Bertz CT molecular complexity index is 934. The third-order valence-corrected chi connectivity index (χ3v) is 6.46. The first-order valence-corrected chi connectivity index (χ1v) is 9.66. The minimum Gasteiger partial charge on any atom is -0.478 e. The normalized spacial score (nSPS) is 17.0. The van der Waals surface area contributed by atoms with E-state index in [1.54, 1.807) is 12.1 Å². The minimum atomic E-state index is -3.85. The van der Waals surface area contributed by atoms with E-state index >= 15 is 0 Å². The van der Waals surface area contributed by atoms with Gasteiger partial charge in [-0.25, -0.2) is 13.2 Å². The lowest BCUT2D eigenvalue weighted by molar-refractivity contribution is 0.0696. The van der Waals surface area contributed by atoms with E-state index in [-0.39, 0.29) is 22.3 Å². The van der Waals surface area contributed by atoms with Gasteiger partial charge in [-0.2, -0.15) is 0 Å². The van der Waals surface area contributed by atoms with Crippen molar-refractivity contribution in [2.75, 3.05) is 10.8 Å². The average molecular weight is 359 g/mol. The maximum Gasteiger partial charge on any atom is 0.335 e. The summed E-state index contributed by atoms with van der Waals surface area (Å²) < 4.78 is 28.2. The van der Waals surface area contributed by atoms with Crippen LogP contribution >= 0.6 is 0 Å². The summed E-state index contributed by atoms with van der Waals surface area (Å²) in [6, 6.07) is 11.8. The van der Waals surface area contributed by atoms with Gasteiger partial charge < -0.3 is 5.11 Å². The third-order valence-electron chi connectivity index (χ3n) is 4.63. The SMILES string of the molecule is CC(C)c1ccc(C(=O)O)cc1S(=O)(=O)N1CC(C)c2ccccc21. The van der Waals surface area contributed by atoms with Crippen molar-refractivity contribution in [2.45, 2.75) is 37.5 Å². The van der Waals surface area contributed by atoms with Crippen molar-refractivity contribution in [3.63, 3.8) is 0 Å². The molecular weight excluding hydrogens is 338 g/mol. The van der Waals surface area contributed by atoms with Crippen LogP contribution in [0.1, 0.15) is 54.1 Å². The van der Waals surface area contributed by atoms with Gasteiger partial charge in [-0.05, 0) is 35.2 Å². The molecule has 0 radical (unpaired) electrons. The lowest BCUT2D eigenvalue weighted by atomic mass is 10.0. The Morgan fingerprint density at radius 2 is 1.88 bits per heavy atom. The fraction of sp³-hybridized carbons (Fsp3) is 0.316. The Kier molecular flexibility index (Phi) is 4.33. The molecule has 3 rings (SSSR count). The molecule has 1 unspecified atom stereocenters. The number of carboxylic acid groups (broad SMARTS) is 1. The van der Waals surface area contributed by atoms with E-state index in [2.05, 4.69) is 0 Å². The molecule has 1 atom stereocenters. The van der Waals surface area contributed by atoms with Crippen molar-refractivity contribution in [1.29, 1.82) is 0 Å². The van der Waals surface area contributed by atoms with Gasteiger partial charge in [0.15, 0.2) is 0 Å². The fourth-order valence-corrected chi connectivity index (χ4v) is 5.25. The van der Waals surface area contributed by atoms with Gasteiger partial charge in [-0.1, -0.05) is 45.0 Å². The molecule has 2 aromatic rings. The number of para-hydroxylation sites is 1. The van der Waals surface area contributed by atoms with Crippen molar-refractivity contribution < 1.29 is 18.3 Å². The number of hydrogen-bond acceptors (Lipinski definition) is 3. The molecule has 25 heavy (non-hydrogen) atoms. The van der Waals surface area contributed by atoms with Crippen molar-refractivity contribution >= 4 is 21.7 Å². The first-order valence-electron chi connectivity index (χ1n) is 8.22. The molecule has 0 spiro atoms. The topological polar surface area (TPSA) is 74.7 Å². The molecule has 0 bridgehead atoms. The second-order valence-corrected chi connectivity index (χ2v) is 8.54. The Morgan fingerprint density at radius 1 is 1.20 bits per heavy atom. The molecule has 0 aromatic heterocycles. The molecule has 1 aliphatic rings. The lowest BCUT2D eigenvalue weighted by Crippen LogP contribution is -2.30. The van der Waals surface area contributed by atoms with Crippen molar-refractivity contribution in [3.05, 3.63) is 59.2 Å². The van der Waals surface area contributed by atoms with E-state index in [1.807, 2.05) is 39.0 Å². The van der Waals surface area contributed by atoms with E-state index in [9.17, 15) is 18.3 Å². The van der Waals surface area contributed by atoms with Gasteiger partial charge in [-0.3, -0.25) is 4.31 Å². The van der Waals surface area contributed by atoms with Crippen LogP contribution in [-0.2, 0) is 10.0 Å². The molecule has 5 nitrogen and oxygen atoms in total. The van der Waals surface area contributed by atoms with Crippen LogP contribution in [0.3, 0.4) is 0 Å². The Labute approximate surface area is 148 Å². The maximum absolute atomic E-state index is 13.4. The zero-order chi connectivity index (χ0) is 18.4. The Morgan fingerprint density at radius 3 is 2.52 bits per heavy atom. The molecule has 0 amide bonds. The summed E-state index contributed by atoms with van der Waals surface area (Å²) in [5.74, 6) is -1.08. The number of anilines is 1. The summed E-state index contributed by atoms with van der Waals surface area (Å²) in [4.78, 5) is 11.4. The molecule has 6 heteroatoms. The molecule has 1 heterocycles. The van der Waals surface area contributed by atoms with Gasteiger partial charge in [0.25, 0.3) is 10.0 Å². The van der Waals surface area contributed by atoms with E-state index in [4.69, 9.17) is 0 Å². The molecule has 0 fully saturated rings. The number of rotatable bonds is 4. The lowest BCUT2D eigenvalue weighted by Gasteiger charge is -2.23. The van der Waals surface area contributed by atoms with Crippen LogP contribution in [0.15, 0.2) is 47.4 Å². The molecule has 1 aliphatic heterocycles. The number of nitrogens with zero attached hydrogens (tertiary/aromatic N) is 1. The molecular formula is C19H21NO4S. The first-order chi connectivity index (χ1) is 11.7. The largest absolute Gasteiger partial charge is 0.478 e. The first kappa shape index (κ1) is 17.5. The van der Waals surface area contributed by atoms with Crippen molar-refractivity contribution in [3.8, 4) is 0 Å². The van der Waals surface area contributed by atoms with Gasteiger partial charge in [0.2, 0.25) is 0 Å². The fourth-order valence-electron chi connectivity index (χ4n) is 3.29. The smallest absolute Gasteiger partial charge is 0.335 e. The predicted molar refractivity (Wildman–Crippen MR) is 96.9 cm³/mol. The van der Waals surface area contributed by atoms with Crippen LogP contribution in [0.4, 0.5) is 5.69 Å². The highest BCUT2D eigenvalue weighted by molar-refractivity contribution is 7.93. The van der Waals surface area contributed by atoms with Crippen LogP contribution < -0.4 is 4.31 Å². The second-order valence-electron chi connectivity index (χ2n) is 6.71. The molecule has 0 aliphatic carbocycles. The molecule has 132 valence electrons. The van der Waals surface area contributed by atoms with Gasteiger partial charge in [0.1, 0.15) is 0 Å². The average Bonchev–Trinajstić information content (AvgIpc) is 2.92. The zero-order valence-electron chi connectivity index (χ0n) is 14.4. The predicted octanol–water partition coefficient (Wildman–Crippen LogP) is 3.82. The number of aromatic carboxylic acids is 1. The van der Waals surface area contributed by atoms with Crippen LogP contribution in [0.5, 0.6) is 0 Å². The summed E-state index contributed by atoms with van der Waals surface area (Å²) in [7, 11) is -3.85. The number of sulfonamides is 1. The number of hydrogen-bond donors (Lipinski definition) is 1. The van der Waals surface area contributed by atoms with E-state index in [1.165, 1.54) is 16.4 Å². The summed E-state index contributed by atoms with van der Waals surface area (Å²) in [5.41, 5.74) is 2.27. The van der Waals surface area contributed by atoms with Crippen molar-refractivity contribution in [1.82, 2.24) is 0 Å². The summed E-state index contributed by atoms with van der Waals surface area (Å²) in [6.07, 6.45) is 0. The second kappa shape index (κ2) is 6.19. The van der Waals surface area contributed by atoms with Gasteiger partial charge in [-0.15, -0.1) is 0 Å². The maximum atomic E-state index is 13.4. The highest BCUT2D eigenvalue weighted by Gasteiger charge is 2.36. The summed E-state index contributed by atoms with van der Waals surface area (Å²) in [6.45, 7) is 6.15. The summed E-state index contributed by atoms with van der Waals surface area (Å²) in [5, 5.41) is 9.26. The van der Waals surface area contributed by atoms with Gasteiger partial charge >= 0.3 is 5.97 Å².